The van der Waals surface area contributed by atoms with Crippen LogP contribution in [0.15, 0.2) is 33.5 Å². The quantitative estimate of drug-likeness (QED) is 0.117. The first-order chi connectivity index (χ1) is 21.8. The summed E-state index contributed by atoms with van der Waals surface area (Å²) >= 11 is 0. The van der Waals surface area contributed by atoms with Gasteiger partial charge >= 0.3 is 0 Å². The minimum Gasteiger partial charge on any atom is -0.508 e. The van der Waals surface area contributed by atoms with Crippen LogP contribution in [-0.4, -0.2) is 138 Å². The molecule has 5 rings (SSSR count). The molecule has 0 aliphatic carbocycles. The van der Waals surface area contributed by atoms with E-state index in [0.717, 1.165) is 24.3 Å². The van der Waals surface area contributed by atoms with Crippen molar-refractivity contribution in [2.24, 2.45) is 0 Å². The van der Waals surface area contributed by atoms with Crippen molar-refractivity contribution < 1.29 is 84.3 Å². The summed E-state index contributed by atoms with van der Waals surface area (Å²) < 4.78 is 32.7. The molecule has 0 unspecified atom stereocenters. The molecule has 0 bridgehead atoms. The van der Waals surface area contributed by atoms with Crippen molar-refractivity contribution in [1.82, 2.24) is 0 Å². The fourth-order valence-electron chi connectivity index (χ4n) is 5.27. The first-order valence-electron chi connectivity index (χ1n) is 13.7. The number of ether oxygens (including phenoxy) is 5. The maximum Gasteiger partial charge on any atom is 0.239 e. The Morgan fingerprint density at radius 3 is 1.93 bits per heavy atom. The van der Waals surface area contributed by atoms with Crippen LogP contribution in [0.5, 0.6) is 34.5 Å². The average molecular weight is 657 g/mol. The fourth-order valence-corrected chi connectivity index (χ4v) is 5.27. The zero-order chi connectivity index (χ0) is 33.6. The maximum absolute atomic E-state index is 13.7. The number of fused-ring (bicyclic) bond motifs is 1. The van der Waals surface area contributed by atoms with Gasteiger partial charge in [0.05, 0.1) is 20.3 Å². The van der Waals surface area contributed by atoms with Crippen LogP contribution in [0.25, 0.3) is 22.3 Å². The summed E-state index contributed by atoms with van der Waals surface area (Å²) in [5, 5.41) is 112. The molecule has 2 fully saturated rings. The molecule has 3 heterocycles. The van der Waals surface area contributed by atoms with E-state index in [0.29, 0.717) is 0 Å². The molecule has 2 aliphatic rings. The Kier molecular flexibility index (Phi) is 9.47. The lowest BCUT2D eigenvalue weighted by Gasteiger charge is -2.45. The van der Waals surface area contributed by atoms with Crippen LogP contribution in [0, 0.1) is 0 Å². The Labute approximate surface area is 257 Å². The van der Waals surface area contributed by atoms with Gasteiger partial charge in [-0.05, 0) is 12.1 Å². The summed E-state index contributed by atoms with van der Waals surface area (Å²) in [6.07, 6.45) is -17.9. The number of aliphatic hydroxyl groups excluding tert-OH is 7. The number of hydrogen-bond donors (Lipinski definition) is 11. The number of phenolic OH excluding ortho intramolecular Hbond substituents is 4. The van der Waals surface area contributed by atoms with E-state index in [-0.39, 0.29) is 16.9 Å². The van der Waals surface area contributed by atoms with E-state index in [1.807, 2.05) is 0 Å². The van der Waals surface area contributed by atoms with Crippen molar-refractivity contribution >= 4 is 11.0 Å². The maximum atomic E-state index is 13.7. The van der Waals surface area contributed by atoms with Gasteiger partial charge < -0.3 is 84.3 Å². The molecule has 18 heteroatoms. The lowest BCUT2D eigenvalue weighted by molar-refractivity contribution is -0.352. The SMILES string of the molecule is COc1c(O)cc(-c2oc3cc(O)cc(O)c3c(=O)c2O[C@@H]2O[C@H](CO)[C@H](O[C@@H]3O[C@H](CO)[C@H](O)[C@H](O)[C@H]3O)[C@H](O)[C@H]2O)cc1O. The number of hydrogen-bond acceptors (Lipinski definition) is 18. The van der Waals surface area contributed by atoms with E-state index in [1.165, 1.54) is 7.11 Å². The Bertz CT molecular complexity index is 1600. The molecule has 10 atom stereocenters. The van der Waals surface area contributed by atoms with E-state index < -0.39 is 120 Å². The second-order valence-corrected chi connectivity index (χ2v) is 10.6. The molecule has 2 aromatic carbocycles. The smallest absolute Gasteiger partial charge is 0.239 e. The van der Waals surface area contributed by atoms with Crippen molar-refractivity contribution in [3.63, 3.8) is 0 Å². The number of phenols is 4. The molecular formula is C28H32O18. The minimum absolute atomic E-state index is 0.194. The van der Waals surface area contributed by atoms with Gasteiger partial charge in [0, 0.05) is 17.7 Å². The van der Waals surface area contributed by atoms with E-state index in [1.54, 1.807) is 0 Å². The molecule has 18 nitrogen and oxygen atoms in total. The van der Waals surface area contributed by atoms with Crippen LogP contribution in [0.4, 0.5) is 0 Å². The van der Waals surface area contributed by atoms with Gasteiger partial charge in [-0.2, -0.15) is 0 Å². The van der Waals surface area contributed by atoms with Crippen molar-refractivity contribution in [1.29, 1.82) is 0 Å². The molecule has 0 saturated carbocycles. The normalized spacial score (nSPS) is 31.6. The van der Waals surface area contributed by atoms with Gasteiger partial charge in [-0.1, -0.05) is 0 Å². The molecule has 252 valence electrons. The van der Waals surface area contributed by atoms with E-state index in [2.05, 4.69) is 0 Å². The van der Waals surface area contributed by atoms with Gasteiger partial charge in [0.1, 0.15) is 71.3 Å². The van der Waals surface area contributed by atoms with Crippen LogP contribution in [-0.2, 0) is 14.2 Å². The number of benzene rings is 2. The Balaban J connectivity index is 1.52. The monoisotopic (exact) mass is 656 g/mol. The topological polar surface area (TPSA) is 299 Å². The molecule has 46 heavy (non-hydrogen) atoms. The van der Waals surface area contributed by atoms with Crippen LogP contribution >= 0.6 is 0 Å². The van der Waals surface area contributed by atoms with Gasteiger partial charge in [-0.3, -0.25) is 4.79 Å². The Morgan fingerprint density at radius 2 is 1.33 bits per heavy atom. The van der Waals surface area contributed by atoms with Crippen LogP contribution < -0.4 is 14.9 Å². The number of aromatic hydroxyl groups is 4. The highest BCUT2D eigenvalue weighted by molar-refractivity contribution is 5.88. The number of aliphatic hydroxyl groups is 7. The highest BCUT2D eigenvalue weighted by atomic mass is 16.7. The van der Waals surface area contributed by atoms with Crippen molar-refractivity contribution in [3.05, 3.63) is 34.5 Å². The van der Waals surface area contributed by atoms with Crippen LogP contribution in [0.2, 0.25) is 0 Å². The zero-order valence-corrected chi connectivity index (χ0v) is 23.8. The largest absolute Gasteiger partial charge is 0.508 e. The van der Waals surface area contributed by atoms with Gasteiger partial charge in [-0.25, -0.2) is 0 Å². The third-order valence-corrected chi connectivity index (χ3v) is 7.63. The summed E-state index contributed by atoms with van der Waals surface area (Å²) in [7, 11) is 1.17. The summed E-state index contributed by atoms with van der Waals surface area (Å²) in [5.74, 6) is -4.02. The molecule has 11 N–H and O–H groups in total. The Hall–Kier alpha value is -3.95. The molecule has 1 aromatic heterocycles. The van der Waals surface area contributed by atoms with Gasteiger partial charge in [0.2, 0.25) is 23.2 Å². The third-order valence-electron chi connectivity index (χ3n) is 7.63. The third kappa shape index (κ3) is 5.86. The minimum atomic E-state index is -2.08. The molecule has 2 saturated heterocycles. The van der Waals surface area contributed by atoms with Crippen molar-refractivity contribution in [2.75, 3.05) is 20.3 Å². The second-order valence-electron chi connectivity index (χ2n) is 10.6. The number of rotatable bonds is 8. The summed E-state index contributed by atoms with van der Waals surface area (Å²) in [6.45, 7) is -1.70. The number of methoxy groups -OCH3 is 1. The highest BCUT2D eigenvalue weighted by Gasteiger charge is 2.51. The van der Waals surface area contributed by atoms with E-state index >= 15 is 0 Å². The molecule has 0 radical (unpaired) electrons. The van der Waals surface area contributed by atoms with Gasteiger partial charge in [0.15, 0.2) is 23.5 Å². The lowest BCUT2D eigenvalue weighted by Crippen LogP contribution is -2.65. The zero-order valence-electron chi connectivity index (χ0n) is 23.8. The predicted molar refractivity (Wildman–Crippen MR) is 148 cm³/mol. The molecule has 0 spiro atoms. The van der Waals surface area contributed by atoms with Gasteiger partial charge in [0.25, 0.3) is 0 Å². The highest BCUT2D eigenvalue weighted by Crippen LogP contribution is 2.43. The first-order valence-corrected chi connectivity index (χ1v) is 13.7. The van der Waals surface area contributed by atoms with E-state index in [9.17, 15) is 61.0 Å². The molecule has 0 amide bonds. The summed E-state index contributed by atoms with van der Waals surface area (Å²) in [4.78, 5) is 13.7. The van der Waals surface area contributed by atoms with Crippen LogP contribution in [0.3, 0.4) is 0 Å². The molecule has 3 aromatic rings. The average Bonchev–Trinajstić information content (AvgIpc) is 3.01. The fraction of sp³-hybridized carbons (Fsp3) is 0.464. The van der Waals surface area contributed by atoms with Crippen molar-refractivity contribution in [3.8, 4) is 45.8 Å². The second kappa shape index (κ2) is 13.0. The lowest BCUT2D eigenvalue weighted by atomic mass is 9.97. The Morgan fingerprint density at radius 1 is 0.717 bits per heavy atom. The summed E-state index contributed by atoms with van der Waals surface area (Å²) in [6, 6.07) is 3.87. The van der Waals surface area contributed by atoms with Crippen molar-refractivity contribution in [2.45, 2.75) is 61.4 Å². The standard InChI is InChI=1S/C28H32O18/c1-41-24-11(33)2-8(3-12(24)34)23-26(18(36)16-10(32)4-9(31)5-13(16)42-23)46-28-22(40)20(38)25(15(7-30)44-28)45-27-21(39)19(37)17(35)14(6-29)43-27/h2-5,14-15,17,19-22,25,27-35,37-40H,6-7H2,1H3/t14-,15-,17+,19+,20-,21-,22-,25+,27+,28+/m1/s1. The molecular weight excluding hydrogens is 624 g/mol. The van der Waals surface area contributed by atoms with E-state index in [4.69, 9.17) is 28.1 Å². The molecule has 2 aliphatic heterocycles. The predicted octanol–water partition coefficient (Wildman–Crippen LogP) is -2.71. The van der Waals surface area contributed by atoms with Gasteiger partial charge in [-0.15, -0.1) is 0 Å². The first kappa shape index (κ1) is 33.4. The van der Waals surface area contributed by atoms with Crippen LogP contribution in [0.1, 0.15) is 0 Å². The summed E-state index contributed by atoms with van der Waals surface area (Å²) in [5.41, 5.74) is -1.64.